The maximum Gasteiger partial charge on any atom is 0.265 e. The van der Waals surface area contributed by atoms with Gasteiger partial charge in [-0.05, 0) is 61.0 Å². The van der Waals surface area contributed by atoms with Gasteiger partial charge in [0.25, 0.3) is 5.56 Å². The van der Waals surface area contributed by atoms with E-state index in [0.29, 0.717) is 40.2 Å². The molecule has 5 heterocycles. The van der Waals surface area contributed by atoms with E-state index in [1.165, 1.54) is 10.9 Å². The third kappa shape index (κ3) is 3.45. The fourth-order valence-electron chi connectivity index (χ4n) is 6.39. The molecule has 1 aliphatic rings. The summed E-state index contributed by atoms with van der Waals surface area (Å²) in [6.45, 7) is 3.55. The molecule has 8 aromatic rings. The molecule has 1 aliphatic heterocycles. The summed E-state index contributed by atoms with van der Waals surface area (Å²) in [5.74, 6) is 1.38. The minimum absolute atomic E-state index is 0.181. The van der Waals surface area contributed by atoms with Gasteiger partial charge in [-0.1, -0.05) is 36.4 Å². The van der Waals surface area contributed by atoms with Crippen molar-refractivity contribution in [2.24, 2.45) is 0 Å². The molecule has 0 amide bonds. The summed E-state index contributed by atoms with van der Waals surface area (Å²) in [4.78, 5) is 29.0. The Morgan fingerprint density at radius 3 is 2.47 bits per heavy atom. The molecule has 0 radical (unpaired) electrons. The molecule has 0 atom stereocenters. The van der Waals surface area contributed by atoms with Gasteiger partial charge < -0.3 is 14.0 Å². The van der Waals surface area contributed by atoms with Gasteiger partial charge in [0, 0.05) is 34.0 Å². The zero-order chi connectivity index (χ0) is 28.7. The van der Waals surface area contributed by atoms with Gasteiger partial charge in [-0.15, -0.1) is 0 Å². The Hall–Kier alpha value is -5.70. The summed E-state index contributed by atoms with van der Waals surface area (Å²) in [5, 5.41) is 2.75. The highest BCUT2D eigenvalue weighted by Gasteiger charge is 2.22. The average Bonchev–Trinajstić information content (AvgIpc) is 3.73. The molecule has 9 rings (SSSR count). The Morgan fingerprint density at radius 1 is 0.791 bits per heavy atom. The number of fused-ring (bicyclic) bond motifs is 8. The lowest BCUT2D eigenvalue weighted by Crippen LogP contribution is -2.21. The Balaban J connectivity index is 1.31. The maximum absolute atomic E-state index is 14.2. The zero-order valence-electron chi connectivity index (χ0n) is 23.2. The number of aryl methyl sites for hydroxylation is 1. The fourth-order valence-corrected chi connectivity index (χ4v) is 6.39. The number of rotatable bonds is 4. The van der Waals surface area contributed by atoms with Crippen LogP contribution in [0.2, 0.25) is 0 Å². The first-order valence-corrected chi connectivity index (χ1v) is 14.2. The van der Waals surface area contributed by atoms with E-state index in [1.807, 2.05) is 47.0 Å². The Labute approximate surface area is 244 Å². The molecule has 4 aromatic carbocycles. The van der Waals surface area contributed by atoms with Crippen molar-refractivity contribution < 1.29 is 9.47 Å². The Bertz CT molecular complexity index is 2490. The van der Waals surface area contributed by atoms with E-state index >= 15 is 0 Å². The van der Waals surface area contributed by atoms with Crippen LogP contribution >= 0.6 is 0 Å². The summed E-state index contributed by atoms with van der Waals surface area (Å²) < 4.78 is 16.9. The lowest BCUT2D eigenvalue weighted by Gasteiger charge is -2.09. The summed E-state index contributed by atoms with van der Waals surface area (Å²) in [6, 6.07) is 28.2. The molecule has 0 fully saturated rings. The average molecular weight is 565 g/mol. The van der Waals surface area contributed by atoms with Crippen molar-refractivity contribution in [3.8, 4) is 17.2 Å². The lowest BCUT2D eigenvalue weighted by atomic mass is 10.1. The third-order valence-corrected chi connectivity index (χ3v) is 8.35. The molecule has 9 heteroatoms. The molecule has 43 heavy (non-hydrogen) atoms. The standard InChI is InChI=1S/C34H24N6O3/c1-2-39-26-10-6-3-7-22(26)23-16-21(12-13-27(23)39)40-32-30(31-33(40)37-25-9-5-4-8-24(25)36-31)34(41)38(18-35-32)17-20-11-14-28-29(15-20)43-19-42-28/h3-16,18H,2,17,19H2,1H3. The van der Waals surface area contributed by atoms with Gasteiger partial charge in [0.15, 0.2) is 22.8 Å². The van der Waals surface area contributed by atoms with E-state index in [2.05, 4.69) is 54.0 Å². The molecule has 0 saturated carbocycles. The SMILES string of the molecule is CCn1c2ccccc2c2cc(-n3c4nc5ccccc5nc4c4c(=O)n(Cc5ccc6c(c5)OCO6)cnc43)ccc21. The van der Waals surface area contributed by atoms with Crippen LogP contribution in [-0.4, -0.2) is 35.4 Å². The van der Waals surface area contributed by atoms with E-state index in [4.69, 9.17) is 24.4 Å². The minimum atomic E-state index is -0.181. The van der Waals surface area contributed by atoms with Crippen molar-refractivity contribution in [3.05, 3.63) is 107 Å². The summed E-state index contributed by atoms with van der Waals surface area (Å²) in [6.07, 6.45) is 1.60. The van der Waals surface area contributed by atoms with Gasteiger partial charge in [0.1, 0.15) is 17.2 Å². The van der Waals surface area contributed by atoms with Crippen LogP contribution in [0.5, 0.6) is 11.5 Å². The molecule has 0 N–H and O–H groups in total. The van der Waals surface area contributed by atoms with Gasteiger partial charge in [-0.3, -0.25) is 13.9 Å². The second-order valence-corrected chi connectivity index (χ2v) is 10.7. The third-order valence-electron chi connectivity index (χ3n) is 8.35. The second kappa shape index (κ2) is 8.90. The Morgan fingerprint density at radius 2 is 1.58 bits per heavy atom. The van der Waals surface area contributed by atoms with E-state index in [1.54, 1.807) is 10.9 Å². The van der Waals surface area contributed by atoms with Crippen LogP contribution in [0, 0.1) is 0 Å². The molecule has 0 spiro atoms. The lowest BCUT2D eigenvalue weighted by molar-refractivity contribution is 0.174. The van der Waals surface area contributed by atoms with Crippen molar-refractivity contribution in [2.45, 2.75) is 20.0 Å². The van der Waals surface area contributed by atoms with Gasteiger partial charge in [0.05, 0.1) is 17.6 Å². The van der Waals surface area contributed by atoms with Crippen molar-refractivity contribution in [1.82, 2.24) is 28.7 Å². The number of para-hydroxylation sites is 3. The van der Waals surface area contributed by atoms with Gasteiger partial charge in [-0.2, -0.15) is 0 Å². The number of benzene rings is 4. The summed E-state index contributed by atoms with van der Waals surface area (Å²) in [7, 11) is 0. The summed E-state index contributed by atoms with van der Waals surface area (Å²) in [5.41, 5.74) is 7.07. The number of ether oxygens (including phenoxy) is 2. The van der Waals surface area contributed by atoms with E-state index in [-0.39, 0.29) is 12.4 Å². The minimum Gasteiger partial charge on any atom is -0.454 e. The number of nitrogens with zero attached hydrogens (tertiary/aromatic N) is 6. The van der Waals surface area contributed by atoms with Crippen molar-refractivity contribution in [1.29, 1.82) is 0 Å². The quantitative estimate of drug-likeness (QED) is 0.253. The number of aromatic nitrogens is 6. The largest absolute Gasteiger partial charge is 0.454 e. The first-order valence-electron chi connectivity index (χ1n) is 14.2. The molecule has 0 unspecified atom stereocenters. The van der Waals surface area contributed by atoms with Crippen LogP contribution in [0.3, 0.4) is 0 Å². The maximum atomic E-state index is 14.2. The second-order valence-electron chi connectivity index (χ2n) is 10.7. The number of hydrogen-bond acceptors (Lipinski definition) is 6. The van der Waals surface area contributed by atoms with Crippen molar-refractivity contribution in [2.75, 3.05) is 6.79 Å². The molecule has 4 aromatic heterocycles. The molecule has 0 bridgehead atoms. The highest BCUT2D eigenvalue weighted by atomic mass is 16.7. The molecule has 0 saturated heterocycles. The van der Waals surface area contributed by atoms with Gasteiger partial charge in [0.2, 0.25) is 6.79 Å². The fraction of sp³-hybridized carbons (Fsp3) is 0.118. The molecule has 208 valence electrons. The summed E-state index contributed by atoms with van der Waals surface area (Å²) >= 11 is 0. The first-order chi connectivity index (χ1) is 21.2. The van der Waals surface area contributed by atoms with Gasteiger partial charge in [-0.25, -0.2) is 15.0 Å². The van der Waals surface area contributed by atoms with E-state index in [9.17, 15) is 4.79 Å². The van der Waals surface area contributed by atoms with E-state index < -0.39 is 0 Å². The highest BCUT2D eigenvalue weighted by molar-refractivity contribution is 6.10. The van der Waals surface area contributed by atoms with Crippen LogP contribution in [-0.2, 0) is 13.1 Å². The van der Waals surface area contributed by atoms with Crippen LogP contribution in [0.25, 0.3) is 60.7 Å². The van der Waals surface area contributed by atoms with Crippen LogP contribution in [0.4, 0.5) is 0 Å². The molecular formula is C34H24N6O3. The molecule has 9 nitrogen and oxygen atoms in total. The smallest absolute Gasteiger partial charge is 0.265 e. The van der Waals surface area contributed by atoms with Crippen molar-refractivity contribution in [3.63, 3.8) is 0 Å². The molecule has 0 aliphatic carbocycles. The van der Waals surface area contributed by atoms with Crippen LogP contribution < -0.4 is 15.0 Å². The van der Waals surface area contributed by atoms with E-state index in [0.717, 1.165) is 39.7 Å². The first kappa shape index (κ1) is 24.0. The number of hydrogen-bond donors (Lipinski definition) is 0. The normalized spacial score (nSPS) is 12.9. The van der Waals surface area contributed by atoms with Crippen LogP contribution in [0.1, 0.15) is 12.5 Å². The van der Waals surface area contributed by atoms with Gasteiger partial charge >= 0.3 is 0 Å². The topological polar surface area (TPSA) is 89.0 Å². The predicted octanol–water partition coefficient (Wildman–Crippen LogP) is 6.19. The predicted molar refractivity (Wildman–Crippen MR) is 166 cm³/mol. The Kier molecular flexibility index (Phi) is 4.96. The van der Waals surface area contributed by atoms with Crippen LogP contribution in [0.15, 0.2) is 96.1 Å². The molecular weight excluding hydrogens is 540 g/mol. The van der Waals surface area contributed by atoms with Crippen molar-refractivity contribution >= 4 is 55.0 Å². The zero-order valence-corrected chi connectivity index (χ0v) is 23.2. The highest BCUT2D eigenvalue weighted by Crippen LogP contribution is 2.35. The monoisotopic (exact) mass is 564 g/mol.